The molecule has 0 radical (unpaired) electrons. The molecule has 1 aromatic carbocycles. The van der Waals surface area contributed by atoms with Crippen molar-refractivity contribution in [3.8, 4) is 0 Å². The molecule has 0 aliphatic heterocycles. The number of carboxylic acids is 1. The molecule has 2 rings (SSSR count). The smallest absolute Gasteiger partial charge is 0.432 e. The first-order chi connectivity index (χ1) is 8.23. The van der Waals surface area contributed by atoms with Crippen LogP contribution in [0.3, 0.4) is 0 Å². The van der Waals surface area contributed by atoms with Crippen molar-refractivity contribution in [2.24, 2.45) is 7.05 Å². The average molecular weight is 261 g/mol. The third-order valence-corrected chi connectivity index (χ3v) is 2.65. The van der Waals surface area contributed by atoms with Crippen LogP contribution in [0.25, 0.3) is 10.9 Å². The highest BCUT2D eigenvalue weighted by atomic mass is 19.4. The molecule has 18 heavy (non-hydrogen) atoms. The molecule has 2 aromatic rings. The maximum atomic E-state index is 13.0. The fourth-order valence-electron chi connectivity index (χ4n) is 1.96. The number of carboxylic acid groups (broad SMARTS) is 1. The highest BCUT2D eigenvalue weighted by molar-refractivity contribution is 6.05. The molecule has 1 N–H and O–H groups in total. The lowest BCUT2D eigenvalue weighted by molar-refractivity contribution is -0.143. The Morgan fingerprint density at radius 3 is 2.44 bits per heavy atom. The van der Waals surface area contributed by atoms with E-state index in [4.69, 9.17) is 5.11 Å². The van der Waals surface area contributed by atoms with Gasteiger partial charge in [-0.2, -0.15) is 13.2 Å². The van der Waals surface area contributed by atoms with Gasteiger partial charge in [-0.3, -0.25) is 0 Å². The summed E-state index contributed by atoms with van der Waals surface area (Å²) in [4.78, 5) is 11.0. The second-order valence-corrected chi connectivity index (χ2v) is 3.75. The van der Waals surface area contributed by atoms with Gasteiger partial charge in [0.2, 0.25) is 0 Å². The van der Waals surface area contributed by atoms with Gasteiger partial charge in [-0.25, -0.2) is 9.18 Å². The summed E-state index contributed by atoms with van der Waals surface area (Å²) in [5.74, 6) is -2.42. The number of aromatic carboxylic acids is 1. The molecular weight excluding hydrogens is 254 g/mol. The van der Waals surface area contributed by atoms with Crippen molar-refractivity contribution < 1.29 is 27.5 Å². The normalized spacial score (nSPS) is 12.1. The van der Waals surface area contributed by atoms with Crippen LogP contribution in [-0.4, -0.2) is 15.6 Å². The highest BCUT2D eigenvalue weighted by Gasteiger charge is 2.40. The van der Waals surface area contributed by atoms with Gasteiger partial charge in [-0.05, 0) is 18.2 Å². The molecule has 0 saturated heterocycles. The predicted octanol–water partition coefficient (Wildman–Crippen LogP) is 3.03. The zero-order valence-corrected chi connectivity index (χ0v) is 9.05. The van der Waals surface area contributed by atoms with Gasteiger partial charge < -0.3 is 9.67 Å². The van der Waals surface area contributed by atoms with Crippen LogP contribution in [0.4, 0.5) is 17.6 Å². The van der Waals surface area contributed by atoms with E-state index >= 15 is 0 Å². The Morgan fingerprint density at radius 2 is 1.94 bits per heavy atom. The maximum Gasteiger partial charge on any atom is 0.432 e. The van der Waals surface area contributed by atoms with Crippen LogP contribution in [0.2, 0.25) is 0 Å². The molecule has 7 heteroatoms. The van der Waals surface area contributed by atoms with Gasteiger partial charge in [-0.1, -0.05) is 0 Å². The molecule has 96 valence electrons. The van der Waals surface area contributed by atoms with Crippen molar-refractivity contribution in [1.82, 2.24) is 4.57 Å². The van der Waals surface area contributed by atoms with Crippen molar-refractivity contribution in [3.63, 3.8) is 0 Å². The third kappa shape index (κ3) is 1.71. The number of hydrogen-bond acceptors (Lipinski definition) is 1. The molecule has 0 fully saturated rings. The third-order valence-electron chi connectivity index (χ3n) is 2.65. The Kier molecular flexibility index (Phi) is 2.57. The molecule has 0 spiro atoms. The van der Waals surface area contributed by atoms with Gasteiger partial charge in [-0.15, -0.1) is 0 Å². The monoisotopic (exact) mass is 261 g/mol. The lowest BCUT2D eigenvalue weighted by Gasteiger charge is -2.09. The first-order valence-electron chi connectivity index (χ1n) is 4.82. The van der Waals surface area contributed by atoms with Gasteiger partial charge in [0.05, 0.1) is 11.1 Å². The molecule has 1 aromatic heterocycles. The van der Waals surface area contributed by atoms with Crippen molar-refractivity contribution >= 4 is 16.9 Å². The molecule has 3 nitrogen and oxygen atoms in total. The quantitative estimate of drug-likeness (QED) is 0.802. The number of fused-ring (bicyclic) bond motifs is 1. The van der Waals surface area contributed by atoms with E-state index in [9.17, 15) is 22.4 Å². The standard InChI is InChI=1S/C11H7F4NO2/c1-16-7-4-5(12)2-3-6(7)8(10(17)18)9(16)11(13,14)15/h2-4H,1H3,(H,17,18). The van der Waals surface area contributed by atoms with Gasteiger partial charge in [0.1, 0.15) is 11.5 Å². The summed E-state index contributed by atoms with van der Waals surface area (Å²) < 4.78 is 52.1. The number of aromatic nitrogens is 1. The number of alkyl halides is 3. The van der Waals surface area contributed by atoms with Crippen LogP contribution >= 0.6 is 0 Å². The lowest BCUT2D eigenvalue weighted by atomic mass is 10.1. The Balaban J connectivity index is 2.97. The Morgan fingerprint density at radius 1 is 1.33 bits per heavy atom. The zero-order chi connectivity index (χ0) is 13.7. The number of halogens is 4. The first kappa shape index (κ1) is 12.4. The summed E-state index contributed by atoms with van der Waals surface area (Å²) in [6, 6.07) is 2.83. The molecule has 0 aliphatic rings. The van der Waals surface area contributed by atoms with E-state index in [1.54, 1.807) is 0 Å². The van der Waals surface area contributed by atoms with Crippen molar-refractivity contribution in [2.45, 2.75) is 6.18 Å². The van der Waals surface area contributed by atoms with E-state index in [-0.39, 0.29) is 10.9 Å². The number of aryl methyl sites for hydroxylation is 1. The Hall–Kier alpha value is -2.05. The fourth-order valence-corrected chi connectivity index (χ4v) is 1.96. The topological polar surface area (TPSA) is 42.2 Å². The minimum Gasteiger partial charge on any atom is -0.478 e. The molecule has 0 saturated carbocycles. The first-order valence-corrected chi connectivity index (χ1v) is 4.82. The molecule has 0 amide bonds. The summed E-state index contributed by atoms with van der Waals surface area (Å²) in [6.45, 7) is 0. The molecule has 0 bridgehead atoms. The molecule has 0 unspecified atom stereocenters. The minimum atomic E-state index is -4.82. The van der Waals surface area contributed by atoms with E-state index in [1.165, 1.54) is 0 Å². The summed E-state index contributed by atoms with van der Waals surface area (Å²) in [6.07, 6.45) is -4.82. The number of benzene rings is 1. The summed E-state index contributed by atoms with van der Waals surface area (Å²) in [5.41, 5.74) is -2.27. The molecule has 0 atom stereocenters. The highest BCUT2D eigenvalue weighted by Crippen LogP contribution is 2.37. The largest absolute Gasteiger partial charge is 0.478 e. The van der Waals surface area contributed by atoms with Crippen LogP contribution in [0.5, 0.6) is 0 Å². The van der Waals surface area contributed by atoms with Crippen LogP contribution in [-0.2, 0) is 13.2 Å². The van der Waals surface area contributed by atoms with Crippen LogP contribution in [0.15, 0.2) is 18.2 Å². The minimum absolute atomic E-state index is 0.111. The van der Waals surface area contributed by atoms with E-state index in [0.717, 1.165) is 25.2 Å². The Labute approximate surface area is 98.2 Å². The zero-order valence-electron chi connectivity index (χ0n) is 9.05. The van der Waals surface area contributed by atoms with Crippen LogP contribution in [0.1, 0.15) is 16.1 Å². The number of rotatable bonds is 1. The second-order valence-electron chi connectivity index (χ2n) is 3.75. The molecule has 1 heterocycles. The molecular formula is C11H7F4NO2. The van der Waals surface area contributed by atoms with Crippen molar-refractivity contribution in [2.75, 3.05) is 0 Å². The van der Waals surface area contributed by atoms with Crippen molar-refractivity contribution in [3.05, 3.63) is 35.3 Å². The summed E-state index contributed by atoms with van der Waals surface area (Å²) in [5, 5.41) is 8.76. The van der Waals surface area contributed by atoms with E-state index in [0.29, 0.717) is 4.57 Å². The number of hydrogen-bond donors (Lipinski definition) is 1. The number of carbonyl (C=O) groups is 1. The van der Waals surface area contributed by atoms with E-state index in [1.807, 2.05) is 0 Å². The molecule has 0 aliphatic carbocycles. The number of nitrogens with zero attached hydrogens (tertiary/aromatic N) is 1. The van der Waals surface area contributed by atoms with Crippen LogP contribution in [0, 0.1) is 5.82 Å². The summed E-state index contributed by atoms with van der Waals surface area (Å²) in [7, 11) is 1.05. The maximum absolute atomic E-state index is 13.0. The predicted molar refractivity (Wildman–Crippen MR) is 54.8 cm³/mol. The lowest BCUT2D eigenvalue weighted by Crippen LogP contribution is -2.15. The summed E-state index contributed by atoms with van der Waals surface area (Å²) >= 11 is 0. The SMILES string of the molecule is Cn1c(C(F)(F)F)c(C(=O)O)c2ccc(F)cc21. The van der Waals surface area contributed by atoms with Gasteiger partial charge in [0.15, 0.2) is 0 Å². The van der Waals surface area contributed by atoms with E-state index < -0.39 is 29.2 Å². The van der Waals surface area contributed by atoms with E-state index in [2.05, 4.69) is 0 Å². The van der Waals surface area contributed by atoms with Gasteiger partial charge in [0, 0.05) is 12.4 Å². The van der Waals surface area contributed by atoms with Gasteiger partial charge in [0.25, 0.3) is 0 Å². The Bertz CT molecular complexity index is 643. The van der Waals surface area contributed by atoms with Crippen molar-refractivity contribution in [1.29, 1.82) is 0 Å². The van der Waals surface area contributed by atoms with Gasteiger partial charge >= 0.3 is 12.1 Å². The average Bonchev–Trinajstić information content (AvgIpc) is 2.51. The second kappa shape index (κ2) is 3.72. The fraction of sp³-hybridized carbons (Fsp3) is 0.182. The van der Waals surface area contributed by atoms with Crippen LogP contribution < -0.4 is 0 Å².